The fourth-order valence-electron chi connectivity index (χ4n) is 4.57. The molecule has 1 aromatic carbocycles. The van der Waals surface area contributed by atoms with Gasteiger partial charge in [-0.15, -0.1) is 11.3 Å². The van der Waals surface area contributed by atoms with E-state index in [0.29, 0.717) is 43.8 Å². The number of morpholine rings is 1. The Hall–Kier alpha value is -2.92. The van der Waals surface area contributed by atoms with Crippen LogP contribution in [0.3, 0.4) is 0 Å². The maximum atomic E-state index is 13.3. The van der Waals surface area contributed by atoms with Crippen LogP contribution < -0.4 is 15.0 Å². The van der Waals surface area contributed by atoms with Gasteiger partial charge in [0, 0.05) is 18.0 Å². The molecular weight excluding hydrogens is 481 g/mol. The van der Waals surface area contributed by atoms with E-state index >= 15 is 0 Å². The normalized spacial score (nSPS) is 18.4. The third-order valence-electron chi connectivity index (χ3n) is 6.35. The number of aryl methyl sites for hydroxylation is 1. The Labute approximate surface area is 204 Å². The molecule has 1 N–H and O–H groups in total. The van der Waals surface area contributed by atoms with Gasteiger partial charge in [-0.1, -0.05) is 6.92 Å². The standard InChI is InChI=1S/C24H25F3N4O3S/c1-14-2-4-16-19(10-14)35-23-21(16)22(28-13-29-23)34-12-20(32)30-17-11-15(24(25,26)27)3-5-18(17)31-6-8-33-9-7-31/h3,5,11,13-14H,2,4,6-10,12H2,1H3,(H,30,32). The largest absolute Gasteiger partial charge is 0.467 e. The van der Waals surface area contributed by atoms with Crippen LogP contribution in [0.15, 0.2) is 24.5 Å². The summed E-state index contributed by atoms with van der Waals surface area (Å²) >= 11 is 1.62. The first-order chi connectivity index (χ1) is 16.8. The summed E-state index contributed by atoms with van der Waals surface area (Å²) in [7, 11) is 0. The van der Waals surface area contributed by atoms with E-state index in [1.807, 2.05) is 4.90 Å². The topological polar surface area (TPSA) is 76.6 Å². The second kappa shape index (κ2) is 9.62. The van der Waals surface area contributed by atoms with Gasteiger partial charge in [0.25, 0.3) is 5.91 Å². The van der Waals surface area contributed by atoms with E-state index in [4.69, 9.17) is 9.47 Å². The first-order valence-electron chi connectivity index (χ1n) is 11.5. The molecule has 2 aromatic heterocycles. The number of anilines is 2. The number of alkyl halides is 3. The van der Waals surface area contributed by atoms with Gasteiger partial charge in [0.05, 0.1) is 35.5 Å². The van der Waals surface area contributed by atoms with E-state index in [1.165, 1.54) is 22.8 Å². The predicted octanol–water partition coefficient (Wildman–Crippen LogP) is 4.69. The van der Waals surface area contributed by atoms with Crippen molar-refractivity contribution in [3.8, 4) is 5.88 Å². The van der Waals surface area contributed by atoms with E-state index < -0.39 is 17.6 Å². The molecule has 11 heteroatoms. The van der Waals surface area contributed by atoms with Crippen LogP contribution in [0.1, 0.15) is 29.3 Å². The Morgan fingerprint density at radius 1 is 1.29 bits per heavy atom. The summed E-state index contributed by atoms with van der Waals surface area (Å²) in [6, 6.07) is 3.37. The summed E-state index contributed by atoms with van der Waals surface area (Å²) in [5.74, 6) is 0.366. The maximum absolute atomic E-state index is 13.3. The third kappa shape index (κ3) is 5.06. The van der Waals surface area contributed by atoms with Crippen LogP contribution >= 0.6 is 11.3 Å². The molecule has 2 aliphatic rings. The van der Waals surface area contributed by atoms with Crippen molar-refractivity contribution in [1.29, 1.82) is 0 Å². The predicted molar refractivity (Wildman–Crippen MR) is 127 cm³/mol. The minimum absolute atomic E-state index is 0.0880. The lowest BCUT2D eigenvalue weighted by atomic mass is 9.89. The van der Waals surface area contributed by atoms with Crippen molar-refractivity contribution in [1.82, 2.24) is 9.97 Å². The number of ether oxygens (including phenoxy) is 2. The molecule has 1 aliphatic carbocycles. The number of thiophene rings is 1. The van der Waals surface area contributed by atoms with Crippen LogP contribution in [0.5, 0.6) is 5.88 Å². The van der Waals surface area contributed by atoms with Gasteiger partial charge in [-0.25, -0.2) is 9.97 Å². The van der Waals surface area contributed by atoms with Crippen molar-refractivity contribution >= 4 is 38.8 Å². The lowest BCUT2D eigenvalue weighted by Crippen LogP contribution is -2.37. The Kier molecular flexibility index (Phi) is 6.54. The molecular formula is C24H25F3N4O3S. The molecule has 0 bridgehead atoms. The number of hydrogen-bond donors (Lipinski definition) is 1. The molecule has 3 aromatic rings. The molecule has 3 heterocycles. The van der Waals surface area contributed by atoms with E-state index in [1.54, 1.807) is 11.3 Å². The molecule has 0 saturated carbocycles. The summed E-state index contributed by atoms with van der Waals surface area (Å²) < 4.78 is 51.1. The first kappa shape index (κ1) is 23.8. The molecule has 35 heavy (non-hydrogen) atoms. The molecule has 1 saturated heterocycles. The molecule has 0 spiro atoms. The Morgan fingerprint density at radius 3 is 2.86 bits per heavy atom. The van der Waals surface area contributed by atoms with Gasteiger partial charge in [0.1, 0.15) is 11.2 Å². The Bertz CT molecular complexity index is 1240. The number of carbonyl (C=O) groups is 1. The van der Waals surface area contributed by atoms with Gasteiger partial charge in [-0.3, -0.25) is 4.79 Å². The van der Waals surface area contributed by atoms with Crippen molar-refractivity contribution in [3.63, 3.8) is 0 Å². The first-order valence-corrected chi connectivity index (χ1v) is 12.3. The number of halogens is 3. The lowest BCUT2D eigenvalue weighted by Gasteiger charge is -2.31. The van der Waals surface area contributed by atoms with Crippen LogP contribution in [0, 0.1) is 5.92 Å². The maximum Gasteiger partial charge on any atom is 0.416 e. The number of amides is 1. The van der Waals surface area contributed by atoms with E-state index in [-0.39, 0.29) is 12.3 Å². The smallest absolute Gasteiger partial charge is 0.416 e. The quantitative estimate of drug-likeness (QED) is 0.541. The molecule has 1 amide bonds. The van der Waals surface area contributed by atoms with Crippen LogP contribution in [-0.4, -0.2) is 48.8 Å². The van der Waals surface area contributed by atoms with Crippen molar-refractivity contribution in [3.05, 3.63) is 40.5 Å². The summed E-state index contributed by atoms with van der Waals surface area (Å²) in [5.41, 5.74) is 0.944. The number of nitrogens with one attached hydrogen (secondary N) is 1. The highest BCUT2D eigenvalue weighted by Crippen LogP contribution is 2.40. The molecule has 1 aliphatic heterocycles. The van der Waals surface area contributed by atoms with Gasteiger partial charge in [0.15, 0.2) is 6.61 Å². The molecule has 1 atom stereocenters. The molecule has 1 fully saturated rings. The zero-order valence-electron chi connectivity index (χ0n) is 19.2. The highest BCUT2D eigenvalue weighted by atomic mass is 32.1. The second-order valence-corrected chi connectivity index (χ2v) is 9.96. The van der Waals surface area contributed by atoms with Crippen molar-refractivity contribution < 1.29 is 27.4 Å². The molecule has 7 nitrogen and oxygen atoms in total. The molecule has 186 valence electrons. The van der Waals surface area contributed by atoms with Crippen LogP contribution in [-0.2, 0) is 28.5 Å². The third-order valence-corrected chi connectivity index (χ3v) is 7.51. The number of nitrogens with zero attached hydrogens (tertiary/aromatic N) is 3. The highest BCUT2D eigenvalue weighted by Gasteiger charge is 2.32. The van der Waals surface area contributed by atoms with Crippen molar-refractivity contribution in [2.45, 2.75) is 32.4 Å². The van der Waals surface area contributed by atoms with Crippen LogP contribution in [0.4, 0.5) is 24.5 Å². The zero-order valence-corrected chi connectivity index (χ0v) is 20.0. The molecule has 5 rings (SSSR count). The Balaban J connectivity index is 1.35. The van der Waals surface area contributed by atoms with E-state index in [9.17, 15) is 18.0 Å². The van der Waals surface area contributed by atoms with E-state index in [0.717, 1.165) is 41.6 Å². The van der Waals surface area contributed by atoms with Gasteiger partial charge >= 0.3 is 6.18 Å². The minimum atomic E-state index is -4.53. The fraction of sp³-hybridized carbons (Fsp3) is 0.458. The summed E-state index contributed by atoms with van der Waals surface area (Å²) in [4.78, 5) is 25.4. The number of hydrogen-bond acceptors (Lipinski definition) is 7. The van der Waals surface area contributed by atoms with E-state index in [2.05, 4.69) is 22.2 Å². The molecule has 1 unspecified atom stereocenters. The summed E-state index contributed by atoms with van der Waals surface area (Å²) in [6.07, 6.45) is -0.171. The summed E-state index contributed by atoms with van der Waals surface area (Å²) in [6.45, 7) is 3.80. The lowest BCUT2D eigenvalue weighted by molar-refractivity contribution is -0.137. The highest BCUT2D eigenvalue weighted by molar-refractivity contribution is 7.18. The van der Waals surface area contributed by atoms with Crippen LogP contribution in [0.25, 0.3) is 10.2 Å². The summed E-state index contributed by atoms with van der Waals surface area (Å²) in [5, 5.41) is 3.45. The number of carbonyl (C=O) groups excluding carboxylic acids is 1. The SMILES string of the molecule is CC1CCc2c(sc3ncnc(OCC(=O)Nc4cc(C(F)(F)F)ccc4N4CCOCC4)c23)C1. The van der Waals surface area contributed by atoms with Gasteiger partial charge in [0.2, 0.25) is 5.88 Å². The number of benzene rings is 1. The minimum Gasteiger partial charge on any atom is -0.467 e. The number of aromatic nitrogens is 2. The monoisotopic (exact) mass is 506 g/mol. The van der Waals surface area contributed by atoms with Gasteiger partial charge in [-0.05, 0) is 48.9 Å². The van der Waals surface area contributed by atoms with Crippen molar-refractivity contribution in [2.24, 2.45) is 5.92 Å². The molecule has 0 radical (unpaired) electrons. The number of rotatable bonds is 5. The Morgan fingerprint density at radius 2 is 2.09 bits per heavy atom. The van der Waals surface area contributed by atoms with Crippen LogP contribution in [0.2, 0.25) is 0 Å². The zero-order chi connectivity index (χ0) is 24.6. The average molecular weight is 507 g/mol. The van der Waals surface area contributed by atoms with Crippen molar-refractivity contribution in [2.75, 3.05) is 43.1 Å². The second-order valence-electron chi connectivity index (χ2n) is 8.88. The average Bonchev–Trinajstić information content (AvgIpc) is 3.20. The number of fused-ring (bicyclic) bond motifs is 3. The van der Waals surface area contributed by atoms with Gasteiger partial charge in [-0.2, -0.15) is 13.2 Å². The fourth-order valence-corrected chi connectivity index (χ4v) is 5.91. The van der Waals surface area contributed by atoms with Gasteiger partial charge < -0.3 is 19.7 Å².